The molecule has 0 aliphatic heterocycles. The summed E-state index contributed by atoms with van der Waals surface area (Å²) in [6.07, 6.45) is 5.62. The third-order valence-electron chi connectivity index (χ3n) is 6.39. The molecule has 0 fully saturated rings. The van der Waals surface area contributed by atoms with Crippen LogP contribution in [0.15, 0.2) is 23.8 Å². The van der Waals surface area contributed by atoms with E-state index in [1.165, 1.54) is 0 Å². The molecule has 0 spiro atoms. The quantitative estimate of drug-likeness (QED) is 0.344. The first-order valence-corrected chi connectivity index (χ1v) is 11.0. The van der Waals surface area contributed by atoms with Gasteiger partial charge in [0.2, 0.25) is 0 Å². The van der Waals surface area contributed by atoms with Gasteiger partial charge in [0.05, 0.1) is 24.2 Å². The minimum Gasteiger partial charge on any atom is -0.465 e. The first-order valence-electron chi connectivity index (χ1n) is 11.0. The van der Waals surface area contributed by atoms with Crippen molar-refractivity contribution in [2.24, 2.45) is 23.7 Å². The summed E-state index contributed by atoms with van der Waals surface area (Å²) in [6, 6.07) is 0. The molecule has 0 aromatic heterocycles. The Balaban J connectivity index is 2.07. The van der Waals surface area contributed by atoms with Crippen molar-refractivity contribution in [3.63, 3.8) is 0 Å². The fourth-order valence-corrected chi connectivity index (χ4v) is 4.45. The van der Waals surface area contributed by atoms with Gasteiger partial charge in [-0.1, -0.05) is 39.0 Å². The van der Waals surface area contributed by atoms with Gasteiger partial charge >= 0.3 is 5.97 Å². The van der Waals surface area contributed by atoms with E-state index in [-0.39, 0.29) is 49.1 Å². The second-order valence-electron chi connectivity index (χ2n) is 8.71. The molecule has 170 valence electrons. The standard InChI is InChI=1S/C23H36O7/c1-4-14(2)23(28)30-21-11-18(26)9-16-6-5-15(3)20(22(16)21)8-7-17(25)10-19(27)12-29-13-24/h5-6,9,13-15,17-22,25-27H,4,7-8,10-12H2,1-3H3/t14-,15-,17+,18+,19+,20-,21-,22-/m0/s1. The van der Waals surface area contributed by atoms with Gasteiger partial charge in [0.25, 0.3) is 6.47 Å². The summed E-state index contributed by atoms with van der Waals surface area (Å²) in [6.45, 7) is 6.03. The van der Waals surface area contributed by atoms with Crippen LogP contribution >= 0.6 is 0 Å². The summed E-state index contributed by atoms with van der Waals surface area (Å²) in [7, 11) is 0. The monoisotopic (exact) mass is 424 g/mol. The number of hydrogen-bond acceptors (Lipinski definition) is 7. The lowest BCUT2D eigenvalue weighted by atomic mass is 9.66. The molecule has 2 rings (SSSR count). The molecule has 0 amide bonds. The first kappa shape index (κ1) is 24.6. The Morgan fingerprint density at radius 2 is 2.07 bits per heavy atom. The lowest BCUT2D eigenvalue weighted by molar-refractivity contribution is -0.159. The number of esters is 1. The highest BCUT2D eigenvalue weighted by molar-refractivity contribution is 5.72. The van der Waals surface area contributed by atoms with Crippen molar-refractivity contribution in [2.75, 3.05) is 6.61 Å². The van der Waals surface area contributed by atoms with Crippen molar-refractivity contribution < 1.29 is 34.4 Å². The number of aliphatic hydroxyl groups is 3. The summed E-state index contributed by atoms with van der Waals surface area (Å²) in [5.74, 6) is -0.0974. The van der Waals surface area contributed by atoms with Gasteiger partial charge in [-0.15, -0.1) is 0 Å². The van der Waals surface area contributed by atoms with Crippen LogP contribution in [0.25, 0.3) is 0 Å². The Hall–Kier alpha value is -1.70. The number of allylic oxidation sites excluding steroid dienone is 2. The fourth-order valence-electron chi connectivity index (χ4n) is 4.45. The molecule has 30 heavy (non-hydrogen) atoms. The van der Waals surface area contributed by atoms with Crippen LogP contribution in [0.2, 0.25) is 0 Å². The van der Waals surface area contributed by atoms with E-state index >= 15 is 0 Å². The Bertz CT molecular complexity index is 629. The molecular weight excluding hydrogens is 388 g/mol. The van der Waals surface area contributed by atoms with E-state index in [0.29, 0.717) is 25.7 Å². The zero-order valence-corrected chi connectivity index (χ0v) is 18.1. The average Bonchev–Trinajstić information content (AvgIpc) is 2.70. The van der Waals surface area contributed by atoms with E-state index in [9.17, 15) is 24.9 Å². The van der Waals surface area contributed by atoms with Crippen molar-refractivity contribution in [1.82, 2.24) is 0 Å². The van der Waals surface area contributed by atoms with Crippen molar-refractivity contribution in [3.8, 4) is 0 Å². The Labute approximate surface area is 178 Å². The molecule has 7 nitrogen and oxygen atoms in total. The molecule has 0 saturated heterocycles. The molecule has 0 bridgehead atoms. The van der Waals surface area contributed by atoms with E-state index in [0.717, 1.165) is 5.57 Å². The SMILES string of the molecule is CC[C@H](C)C(=O)O[C@H]1C[C@H](O)C=C2C=C[C@H](C)[C@H](CC[C@@H](O)C[C@@H](O)COC=O)[C@H]21. The minimum atomic E-state index is -0.904. The number of aliphatic hydroxyl groups excluding tert-OH is 3. The second kappa shape index (κ2) is 11.6. The summed E-state index contributed by atoms with van der Waals surface area (Å²) >= 11 is 0. The van der Waals surface area contributed by atoms with Crippen LogP contribution in [0, 0.1) is 23.7 Å². The van der Waals surface area contributed by atoms with Gasteiger partial charge in [0, 0.05) is 18.8 Å². The number of rotatable bonds is 11. The van der Waals surface area contributed by atoms with Crippen LogP contribution in [0.3, 0.4) is 0 Å². The van der Waals surface area contributed by atoms with Gasteiger partial charge in [-0.05, 0) is 36.7 Å². The molecule has 0 radical (unpaired) electrons. The van der Waals surface area contributed by atoms with E-state index in [1.807, 2.05) is 26.0 Å². The Morgan fingerprint density at radius 3 is 2.73 bits per heavy atom. The van der Waals surface area contributed by atoms with Crippen LogP contribution < -0.4 is 0 Å². The highest BCUT2D eigenvalue weighted by Crippen LogP contribution is 2.44. The highest BCUT2D eigenvalue weighted by Gasteiger charge is 2.42. The predicted octanol–water partition coefficient (Wildman–Crippen LogP) is 2.14. The van der Waals surface area contributed by atoms with Gasteiger partial charge in [-0.2, -0.15) is 0 Å². The molecule has 0 aromatic rings. The zero-order valence-electron chi connectivity index (χ0n) is 18.1. The van der Waals surface area contributed by atoms with Crippen LogP contribution in [0.5, 0.6) is 0 Å². The third kappa shape index (κ3) is 6.65. The number of hydrogen-bond donors (Lipinski definition) is 3. The summed E-state index contributed by atoms with van der Waals surface area (Å²) in [4.78, 5) is 22.7. The van der Waals surface area contributed by atoms with Gasteiger partial charge in [-0.25, -0.2) is 0 Å². The van der Waals surface area contributed by atoms with E-state index in [2.05, 4.69) is 17.7 Å². The van der Waals surface area contributed by atoms with Crippen molar-refractivity contribution >= 4 is 12.4 Å². The molecule has 2 aliphatic carbocycles. The molecule has 0 unspecified atom stereocenters. The van der Waals surface area contributed by atoms with Crippen LogP contribution in [-0.4, -0.2) is 58.8 Å². The summed E-state index contributed by atoms with van der Waals surface area (Å²) in [5, 5.41) is 30.4. The molecule has 0 saturated carbocycles. The molecular formula is C23H36O7. The normalized spacial score (nSPS) is 31.1. The lowest BCUT2D eigenvalue weighted by Crippen LogP contribution is -2.43. The predicted molar refractivity (Wildman–Crippen MR) is 111 cm³/mol. The lowest BCUT2D eigenvalue weighted by Gasteiger charge is -2.43. The number of carbonyl (C=O) groups is 2. The first-order chi connectivity index (χ1) is 14.3. The van der Waals surface area contributed by atoms with Crippen molar-refractivity contribution in [2.45, 2.75) is 77.3 Å². The zero-order chi connectivity index (χ0) is 22.3. The smallest absolute Gasteiger partial charge is 0.308 e. The van der Waals surface area contributed by atoms with Gasteiger partial charge in [0.1, 0.15) is 12.7 Å². The van der Waals surface area contributed by atoms with Crippen molar-refractivity contribution in [1.29, 1.82) is 0 Å². The Kier molecular flexibility index (Phi) is 9.52. The van der Waals surface area contributed by atoms with E-state index in [1.54, 1.807) is 0 Å². The Morgan fingerprint density at radius 1 is 1.33 bits per heavy atom. The van der Waals surface area contributed by atoms with Crippen LogP contribution in [0.4, 0.5) is 0 Å². The molecule has 3 N–H and O–H groups in total. The maximum Gasteiger partial charge on any atom is 0.308 e. The minimum absolute atomic E-state index is 0.0306. The largest absolute Gasteiger partial charge is 0.465 e. The maximum atomic E-state index is 12.4. The number of fused-ring (bicyclic) bond motifs is 1. The average molecular weight is 425 g/mol. The number of ether oxygens (including phenoxy) is 2. The maximum absolute atomic E-state index is 12.4. The fraction of sp³-hybridized carbons (Fsp3) is 0.739. The third-order valence-corrected chi connectivity index (χ3v) is 6.39. The highest BCUT2D eigenvalue weighted by atomic mass is 16.5. The number of carbonyl (C=O) groups excluding carboxylic acids is 2. The summed E-state index contributed by atoms with van der Waals surface area (Å²) in [5.41, 5.74) is 0.979. The van der Waals surface area contributed by atoms with E-state index < -0.39 is 24.4 Å². The molecule has 0 aromatic carbocycles. The van der Waals surface area contributed by atoms with Crippen molar-refractivity contribution in [3.05, 3.63) is 23.8 Å². The van der Waals surface area contributed by atoms with Crippen LogP contribution in [0.1, 0.15) is 52.9 Å². The topological polar surface area (TPSA) is 113 Å². The second-order valence-corrected chi connectivity index (χ2v) is 8.71. The molecule has 2 aliphatic rings. The molecule has 7 heteroatoms. The van der Waals surface area contributed by atoms with Gasteiger partial charge < -0.3 is 24.8 Å². The molecule has 8 atom stereocenters. The summed E-state index contributed by atoms with van der Waals surface area (Å²) < 4.78 is 10.4. The van der Waals surface area contributed by atoms with E-state index in [4.69, 9.17) is 4.74 Å². The molecule has 0 heterocycles. The van der Waals surface area contributed by atoms with Gasteiger partial charge in [0.15, 0.2) is 0 Å². The van der Waals surface area contributed by atoms with Crippen LogP contribution in [-0.2, 0) is 19.1 Å². The van der Waals surface area contributed by atoms with Gasteiger partial charge in [-0.3, -0.25) is 9.59 Å².